The number of rotatable bonds is 6. The number of sulfonamides is 1. The van der Waals surface area contributed by atoms with Crippen molar-refractivity contribution in [1.82, 2.24) is 14.0 Å². The monoisotopic (exact) mass is 502 g/mol. The summed E-state index contributed by atoms with van der Waals surface area (Å²) in [5.41, 5.74) is 4.13. The normalized spacial score (nSPS) is 19.8. The number of para-hydroxylation sites is 1. The molecule has 36 heavy (non-hydrogen) atoms. The molecule has 0 spiro atoms. The van der Waals surface area contributed by atoms with Crippen LogP contribution in [0.2, 0.25) is 0 Å². The second kappa shape index (κ2) is 8.94. The van der Waals surface area contributed by atoms with E-state index in [9.17, 15) is 13.2 Å². The molecule has 2 aliphatic rings. The first-order chi connectivity index (χ1) is 17.4. The van der Waals surface area contributed by atoms with E-state index in [4.69, 9.17) is 0 Å². The number of anilines is 1. The second-order valence-electron chi connectivity index (χ2n) is 10.2. The molecular formula is C28H30N4O3S. The smallest absolute Gasteiger partial charge is 0.275 e. The first kappa shape index (κ1) is 23.1. The van der Waals surface area contributed by atoms with Gasteiger partial charge in [0.25, 0.3) is 5.56 Å². The maximum atomic E-state index is 13.3. The second-order valence-corrected chi connectivity index (χ2v) is 11.9. The predicted octanol–water partition coefficient (Wildman–Crippen LogP) is 3.90. The molecule has 0 aliphatic carbocycles. The number of aryl methyl sites for hydroxylation is 1. The Labute approximate surface area is 211 Å². The molecule has 4 heterocycles. The van der Waals surface area contributed by atoms with Crippen molar-refractivity contribution >= 4 is 26.6 Å². The lowest BCUT2D eigenvalue weighted by Crippen LogP contribution is -2.47. The minimum absolute atomic E-state index is 0.127. The molecule has 0 unspecified atom stereocenters. The van der Waals surface area contributed by atoms with E-state index in [-0.39, 0.29) is 22.9 Å². The van der Waals surface area contributed by atoms with Crippen molar-refractivity contribution in [2.45, 2.75) is 31.2 Å². The zero-order chi connectivity index (χ0) is 24.9. The Hall–Kier alpha value is -3.36. The van der Waals surface area contributed by atoms with E-state index in [1.165, 1.54) is 16.5 Å². The quantitative estimate of drug-likeness (QED) is 0.434. The van der Waals surface area contributed by atoms with Crippen molar-refractivity contribution < 1.29 is 8.42 Å². The number of fused-ring (bicyclic) bond motifs is 5. The fourth-order valence-electron chi connectivity index (χ4n) is 6.04. The third kappa shape index (κ3) is 4.35. The molecule has 1 fully saturated rings. The molecule has 0 saturated carbocycles. The van der Waals surface area contributed by atoms with Gasteiger partial charge in [-0.1, -0.05) is 48.5 Å². The third-order valence-corrected chi connectivity index (χ3v) is 8.76. The van der Waals surface area contributed by atoms with Crippen LogP contribution in [0.25, 0.3) is 10.9 Å². The highest BCUT2D eigenvalue weighted by Gasteiger charge is 2.35. The molecule has 6 rings (SSSR count). The van der Waals surface area contributed by atoms with Crippen LogP contribution in [-0.4, -0.2) is 35.5 Å². The van der Waals surface area contributed by atoms with Crippen molar-refractivity contribution in [1.29, 1.82) is 0 Å². The molecule has 0 amide bonds. The van der Waals surface area contributed by atoms with Crippen LogP contribution in [0, 0.1) is 5.92 Å². The molecule has 2 atom stereocenters. The predicted molar refractivity (Wildman–Crippen MR) is 142 cm³/mol. The number of piperidine rings is 1. The van der Waals surface area contributed by atoms with Crippen LogP contribution in [0.4, 0.5) is 5.69 Å². The van der Waals surface area contributed by atoms with E-state index >= 15 is 0 Å². The summed E-state index contributed by atoms with van der Waals surface area (Å²) in [5, 5.41) is 1.29. The lowest BCUT2D eigenvalue weighted by atomic mass is 9.83. The molecule has 2 aromatic heterocycles. The van der Waals surface area contributed by atoms with Gasteiger partial charge in [0.2, 0.25) is 10.0 Å². The number of aromatic nitrogens is 2. The Morgan fingerprint density at radius 1 is 0.944 bits per heavy atom. The van der Waals surface area contributed by atoms with Gasteiger partial charge in [-0.25, -0.2) is 8.42 Å². The maximum Gasteiger partial charge on any atom is 0.275 e. The number of benzene rings is 2. The van der Waals surface area contributed by atoms with Gasteiger partial charge in [-0.05, 0) is 41.7 Å². The molecule has 2 aliphatic heterocycles. The van der Waals surface area contributed by atoms with Crippen molar-refractivity contribution in [2.75, 3.05) is 17.8 Å². The van der Waals surface area contributed by atoms with Crippen molar-refractivity contribution in [3.05, 3.63) is 100 Å². The molecule has 8 heteroatoms. The summed E-state index contributed by atoms with van der Waals surface area (Å²) in [6.07, 6.45) is 3.28. The van der Waals surface area contributed by atoms with Crippen molar-refractivity contribution in [3.63, 3.8) is 0 Å². The zero-order valence-corrected chi connectivity index (χ0v) is 21.1. The standard InChI is InChI=1S/C28H30N4O3S/c1-30-16-23(24-9-5-6-10-27(24)30)18-31-14-21-13-22(17-31)26-12-11-25(28(33)32(26)15-21)29-36(34,35)19-20-7-3-2-4-8-20/h2-12,16,21-22,29H,13-15,17-19H2,1H3/t21-,22-/m1/s1. The number of nitrogens with one attached hydrogen (secondary N) is 1. The summed E-state index contributed by atoms with van der Waals surface area (Å²) in [6.45, 7) is 3.31. The Morgan fingerprint density at radius 2 is 1.72 bits per heavy atom. The van der Waals surface area contributed by atoms with E-state index in [0.29, 0.717) is 18.0 Å². The van der Waals surface area contributed by atoms with Gasteiger partial charge >= 0.3 is 0 Å². The van der Waals surface area contributed by atoms with Gasteiger partial charge in [0.15, 0.2) is 0 Å². The topological polar surface area (TPSA) is 76.3 Å². The summed E-state index contributed by atoms with van der Waals surface area (Å²) in [6, 6.07) is 21.1. The summed E-state index contributed by atoms with van der Waals surface area (Å²) >= 11 is 0. The van der Waals surface area contributed by atoms with E-state index in [1.54, 1.807) is 34.9 Å². The number of nitrogens with zero attached hydrogens (tertiary/aromatic N) is 3. The molecule has 2 bridgehead atoms. The zero-order valence-electron chi connectivity index (χ0n) is 20.3. The van der Waals surface area contributed by atoms with Crippen LogP contribution in [0.5, 0.6) is 0 Å². The fraction of sp³-hybridized carbons (Fsp3) is 0.321. The van der Waals surface area contributed by atoms with Crippen molar-refractivity contribution in [2.24, 2.45) is 13.0 Å². The van der Waals surface area contributed by atoms with Gasteiger partial charge in [0.1, 0.15) is 5.69 Å². The molecule has 186 valence electrons. The van der Waals surface area contributed by atoms with Gasteiger partial charge in [-0.15, -0.1) is 0 Å². The Morgan fingerprint density at radius 3 is 2.56 bits per heavy atom. The van der Waals surface area contributed by atoms with Crippen LogP contribution in [0.3, 0.4) is 0 Å². The average Bonchev–Trinajstić information content (AvgIpc) is 3.16. The van der Waals surface area contributed by atoms with Gasteiger partial charge in [0.05, 0.1) is 5.75 Å². The summed E-state index contributed by atoms with van der Waals surface area (Å²) in [4.78, 5) is 15.8. The molecule has 1 N–H and O–H groups in total. The number of hydrogen-bond donors (Lipinski definition) is 1. The van der Waals surface area contributed by atoms with Gasteiger partial charge in [0, 0.05) is 61.9 Å². The summed E-state index contributed by atoms with van der Waals surface area (Å²) < 4.78 is 32.0. The van der Waals surface area contributed by atoms with E-state index < -0.39 is 10.0 Å². The molecule has 7 nitrogen and oxygen atoms in total. The average molecular weight is 503 g/mol. The molecule has 0 radical (unpaired) electrons. The Balaban J connectivity index is 1.22. The maximum absolute atomic E-state index is 13.3. The van der Waals surface area contributed by atoms with Crippen LogP contribution in [0.1, 0.15) is 29.2 Å². The third-order valence-electron chi connectivity index (χ3n) is 7.52. The van der Waals surface area contributed by atoms with Crippen LogP contribution in [0.15, 0.2) is 77.7 Å². The van der Waals surface area contributed by atoms with Gasteiger partial charge < -0.3 is 9.13 Å². The highest BCUT2D eigenvalue weighted by atomic mass is 32.2. The first-order valence-electron chi connectivity index (χ1n) is 12.4. The van der Waals surface area contributed by atoms with E-state index in [0.717, 1.165) is 31.7 Å². The minimum Gasteiger partial charge on any atom is -0.350 e. The SMILES string of the molecule is Cn1cc(CN2C[C@H]3C[C@H](C2)c2ccc(NS(=O)(=O)Cc4ccccc4)c(=O)n2C3)c2ccccc21. The first-order valence-corrected chi connectivity index (χ1v) is 14.0. The fourth-order valence-corrected chi connectivity index (χ4v) is 7.24. The number of hydrogen-bond acceptors (Lipinski definition) is 4. The van der Waals surface area contributed by atoms with E-state index in [2.05, 4.69) is 51.7 Å². The number of likely N-dealkylation sites (tertiary alicyclic amines) is 1. The van der Waals surface area contributed by atoms with Crippen LogP contribution >= 0.6 is 0 Å². The molecule has 4 aromatic rings. The van der Waals surface area contributed by atoms with Gasteiger partial charge in [-0.3, -0.25) is 14.4 Å². The molecule has 2 aromatic carbocycles. The van der Waals surface area contributed by atoms with Crippen molar-refractivity contribution in [3.8, 4) is 0 Å². The lowest BCUT2D eigenvalue weighted by molar-refractivity contribution is 0.115. The summed E-state index contributed by atoms with van der Waals surface area (Å²) in [5.74, 6) is 0.457. The van der Waals surface area contributed by atoms with E-state index in [1.807, 2.05) is 12.1 Å². The van der Waals surface area contributed by atoms with Crippen LogP contribution in [-0.2, 0) is 35.9 Å². The molecule has 1 saturated heterocycles. The lowest BCUT2D eigenvalue weighted by Gasteiger charge is -2.43. The Kier molecular flexibility index (Phi) is 5.73. The Bertz CT molecular complexity index is 1590. The highest BCUT2D eigenvalue weighted by Crippen LogP contribution is 2.36. The van der Waals surface area contributed by atoms with Gasteiger partial charge in [-0.2, -0.15) is 0 Å². The minimum atomic E-state index is -3.69. The largest absolute Gasteiger partial charge is 0.350 e. The van der Waals surface area contributed by atoms with Crippen LogP contribution < -0.4 is 10.3 Å². The highest BCUT2D eigenvalue weighted by molar-refractivity contribution is 7.91. The molecular weight excluding hydrogens is 472 g/mol. The number of pyridine rings is 1. The summed E-state index contributed by atoms with van der Waals surface area (Å²) in [7, 11) is -1.60.